The normalized spacial score (nSPS) is 54.5. The first-order chi connectivity index (χ1) is 27.5. The lowest BCUT2D eigenvalue weighted by molar-refractivity contribution is -0.375. The fourth-order valence-electron chi connectivity index (χ4n) is 14.1. The van der Waals surface area contributed by atoms with Gasteiger partial charge in [0.25, 0.3) is 0 Å². The number of carbonyl (C=O) groups excluding carboxylic acids is 1. The highest BCUT2D eigenvalue weighted by Gasteiger charge is 2.73. The number of hydrogen-bond acceptors (Lipinski definition) is 16. The van der Waals surface area contributed by atoms with Gasteiger partial charge in [-0.1, -0.05) is 53.2 Å². The minimum Gasteiger partial charge on any atom is -0.468 e. The third kappa shape index (κ3) is 6.64. The molecule has 0 radical (unpaired) electrons. The van der Waals surface area contributed by atoms with Crippen LogP contribution in [0.5, 0.6) is 0 Å². The molecule has 2 saturated heterocycles. The molecule has 0 amide bonds. The molecule has 2 aliphatic heterocycles. The summed E-state index contributed by atoms with van der Waals surface area (Å²) >= 11 is 0. The summed E-state index contributed by atoms with van der Waals surface area (Å²) in [5.41, 5.74) is -2.33. The summed E-state index contributed by atoms with van der Waals surface area (Å²) in [4.78, 5) is 13.7. The molecule has 59 heavy (non-hydrogen) atoms. The number of fused-ring (bicyclic) bond motifs is 7. The van der Waals surface area contributed by atoms with Crippen LogP contribution in [0.3, 0.4) is 0 Å². The zero-order valence-electron chi connectivity index (χ0n) is 35.5. The van der Waals surface area contributed by atoms with E-state index in [9.17, 15) is 55.9 Å². The number of esters is 1. The van der Waals surface area contributed by atoms with E-state index in [4.69, 9.17) is 23.7 Å². The van der Waals surface area contributed by atoms with Crippen LogP contribution in [0.4, 0.5) is 0 Å². The van der Waals surface area contributed by atoms with Crippen molar-refractivity contribution in [3.8, 4) is 0 Å². The maximum atomic E-state index is 13.7. The Hall–Kier alpha value is -1.35. The monoisotopic (exact) mass is 842 g/mol. The fraction of sp³-hybridized carbons (Fsp3) is 0.930. The van der Waals surface area contributed by atoms with Gasteiger partial charge in [0.05, 0.1) is 45.2 Å². The summed E-state index contributed by atoms with van der Waals surface area (Å²) in [6, 6.07) is 0. The first kappa shape index (κ1) is 45.7. The Morgan fingerprint density at radius 3 is 1.98 bits per heavy atom. The van der Waals surface area contributed by atoms with Gasteiger partial charge in [-0.05, 0) is 90.8 Å². The summed E-state index contributed by atoms with van der Waals surface area (Å²) in [5.74, 6) is -0.748. The lowest BCUT2D eigenvalue weighted by Crippen LogP contribution is -2.70. The van der Waals surface area contributed by atoms with Crippen molar-refractivity contribution in [3.63, 3.8) is 0 Å². The number of aliphatic hydroxyl groups is 10. The van der Waals surface area contributed by atoms with Crippen molar-refractivity contribution < 1.29 is 79.5 Å². The molecule has 338 valence electrons. The Balaban J connectivity index is 1.17. The second-order valence-electron chi connectivity index (χ2n) is 21.0. The number of allylic oxidation sites excluding steroid dienone is 2. The van der Waals surface area contributed by atoms with Gasteiger partial charge in [-0.2, -0.15) is 0 Å². The zero-order chi connectivity index (χ0) is 43.4. The Morgan fingerprint density at radius 2 is 1.37 bits per heavy atom. The van der Waals surface area contributed by atoms with E-state index in [1.165, 1.54) is 12.7 Å². The number of rotatable bonds is 8. The molecular formula is C43H70O16. The second-order valence-corrected chi connectivity index (χ2v) is 21.0. The van der Waals surface area contributed by atoms with Crippen LogP contribution in [-0.2, 0) is 28.5 Å². The fourth-order valence-corrected chi connectivity index (χ4v) is 14.1. The summed E-state index contributed by atoms with van der Waals surface area (Å²) < 4.78 is 29.0. The van der Waals surface area contributed by atoms with Crippen molar-refractivity contribution >= 4 is 5.97 Å². The highest BCUT2D eigenvalue weighted by molar-refractivity contribution is 5.79. The quantitative estimate of drug-likeness (QED) is 0.0868. The molecule has 10 N–H and O–H groups in total. The van der Waals surface area contributed by atoms with Crippen LogP contribution in [0, 0.1) is 50.2 Å². The Labute approximate surface area is 346 Å². The van der Waals surface area contributed by atoms with Gasteiger partial charge in [-0.3, -0.25) is 4.79 Å². The lowest BCUT2D eigenvalue weighted by atomic mass is 9.33. The molecule has 16 nitrogen and oxygen atoms in total. The second kappa shape index (κ2) is 15.7. The number of hydrogen-bond donors (Lipinski definition) is 10. The number of carbonyl (C=O) groups is 1. The molecule has 4 saturated carbocycles. The Bertz CT molecular complexity index is 1590. The summed E-state index contributed by atoms with van der Waals surface area (Å²) in [6.45, 7) is 11.1. The number of ether oxygens (including phenoxy) is 5. The van der Waals surface area contributed by atoms with Gasteiger partial charge < -0.3 is 74.7 Å². The Morgan fingerprint density at radius 1 is 0.746 bits per heavy atom. The zero-order valence-corrected chi connectivity index (χ0v) is 35.5. The van der Waals surface area contributed by atoms with Crippen molar-refractivity contribution in [3.05, 3.63) is 11.6 Å². The third-order valence-electron chi connectivity index (χ3n) is 17.5. The van der Waals surface area contributed by atoms with Crippen molar-refractivity contribution in [2.45, 2.75) is 173 Å². The molecule has 0 spiro atoms. The van der Waals surface area contributed by atoms with Crippen LogP contribution >= 0.6 is 0 Å². The molecule has 0 aromatic heterocycles. The van der Waals surface area contributed by atoms with E-state index >= 15 is 0 Å². The predicted octanol–water partition coefficient (Wildman–Crippen LogP) is -0.116. The molecule has 0 unspecified atom stereocenters. The van der Waals surface area contributed by atoms with Crippen molar-refractivity contribution in [2.24, 2.45) is 50.2 Å². The van der Waals surface area contributed by atoms with E-state index in [-0.39, 0.29) is 41.0 Å². The van der Waals surface area contributed by atoms with Crippen molar-refractivity contribution in [2.75, 3.05) is 26.9 Å². The Kier molecular flexibility index (Phi) is 12.2. The predicted molar refractivity (Wildman–Crippen MR) is 207 cm³/mol. The lowest BCUT2D eigenvalue weighted by Gasteiger charge is -2.72. The van der Waals surface area contributed by atoms with Gasteiger partial charge in [0.2, 0.25) is 0 Å². The van der Waals surface area contributed by atoms with E-state index in [0.717, 1.165) is 19.3 Å². The van der Waals surface area contributed by atoms with Gasteiger partial charge in [-0.25, -0.2) is 0 Å². The number of aliphatic hydroxyl groups excluding tert-OH is 10. The van der Waals surface area contributed by atoms with E-state index < -0.39 is 121 Å². The van der Waals surface area contributed by atoms with Crippen LogP contribution in [0.25, 0.3) is 0 Å². The van der Waals surface area contributed by atoms with Gasteiger partial charge >= 0.3 is 5.97 Å². The van der Waals surface area contributed by atoms with Gasteiger partial charge in [0.15, 0.2) is 12.6 Å². The van der Waals surface area contributed by atoms with Crippen LogP contribution in [0.15, 0.2) is 11.6 Å². The third-order valence-corrected chi connectivity index (χ3v) is 17.5. The first-order valence-corrected chi connectivity index (χ1v) is 21.5. The van der Waals surface area contributed by atoms with Crippen LogP contribution < -0.4 is 0 Å². The van der Waals surface area contributed by atoms with E-state index in [1.807, 2.05) is 6.92 Å². The molecule has 7 aliphatic rings. The molecule has 2 heterocycles. The highest BCUT2D eigenvalue weighted by Crippen LogP contribution is 2.76. The van der Waals surface area contributed by atoms with Crippen LogP contribution in [-0.4, -0.2) is 164 Å². The average molecular weight is 843 g/mol. The smallest absolute Gasteiger partial charge is 0.315 e. The maximum absolute atomic E-state index is 13.7. The highest BCUT2D eigenvalue weighted by atomic mass is 16.7. The standard InChI is InChI=1S/C43H70O16/c1-38(2)12-13-43(37(54)55-7)21(14-38)20-8-9-26-39(3)15-22(47)34(40(4,19-46)25(39)10-11-41(26,5)42(20,6)16-27(43)48)59-36-32(53)33(29(50)24(18-45)57-36)58-35-31(52)30(51)28(49)23(17-44)56-35/h8,21-36,44-53H,9-19H2,1-7H3/t21-,22-,23+,24+,25-,26-,27-,28-,29-,30+,31-,32+,33-,34+,35-,36-,39-,40+,41+,42-,43+/m0/s1. The maximum Gasteiger partial charge on any atom is 0.315 e. The molecule has 16 heteroatoms. The van der Waals surface area contributed by atoms with E-state index in [1.54, 1.807) is 0 Å². The van der Waals surface area contributed by atoms with Gasteiger partial charge in [0.1, 0.15) is 54.2 Å². The molecule has 0 aromatic carbocycles. The van der Waals surface area contributed by atoms with Crippen molar-refractivity contribution in [1.29, 1.82) is 0 Å². The average Bonchev–Trinajstić information content (AvgIpc) is 3.18. The van der Waals surface area contributed by atoms with Gasteiger partial charge in [0, 0.05) is 5.41 Å². The van der Waals surface area contributed by atoms with E-state index in [0.29, 0.717) is 25.7 Å². The minimum atomic E-state index is -1.84. The summed E-state index contributed by atoms with van der Waals surface area (Å²) in [6.07, 6.45) is -12.6. The van der Waals surface area contributed by atoms with Crippen molar-refractivity contribution in [1.82, 2.24) is 0 Å². The topological polar surface area (TPSA) is 266 Å². The van der Waals surface area contributed by atoms with Crippen LogP contribution in [0.1, 0.15) is 92.9 Å². The molecule has 6 fully saturated rings. The summed E-state index contributed by atoms with van der Waals surface area (Å²) in [7, 11) is 1.40. The molecule has 0 bridgehead atoms. The van der Waals surface area contributed by atoms with Crippen LogP contribution in [0.2, 0.25) is 0 Å². The molecule has 7 rings (SSSR count). The molecule has 0 aromatic rings. The first-order valence-electron chi connectivity index (χ1n) is 21.5. The number of methoxy groups -OCH3 is 1. The summed E-state index contributed by atoms with van der Waals surface area (Å²) in [5, 5.41) is 110. The molecule has 5 aliphatic carbocycles. The van der Waals surface area contributed by atoms with E-state index in [2.05, 4.69) is 40.7 Å². The SMILES string of the molecule is COC(=O)[C@]12CCC(C)(C)C[C@H]1C1=CC[C@H]3[C@@]4(C)C[C@H](O)[C@@H](O[C@@H]5O[C@H](CO)[C@H](O)[C@H](O[C@@H]6O[C@H](CO)[C@H](O)[C@@H](O)[C@@H]6O)[C@H]5O)[C@](C)(CO)[C@H]4CC[C@@]3(C)[C@@]1(C)C[C@@H]2O. The minimum absolute atomic E-state index is 0.000145. The largest absolute Gasteiger partial charge is 0.468 e. The molecule has 21 atom stereocenters. The molecular weight excluding hydrogens is 772 g/mol. The van der Waals surface area contributed by atoms with Gasteiger partial charge in [-0.15, -0.1) is 0 Å².